The number of likely N-dealkylation sites (tertiary alicyclic amines) is 1. The van der Waals surface area contributed by atoms with Gasteiger partial charge in [0, 0.05) is 25.7 Å². The number of nitrogens with one attached hydrogen (secondary N) is 1. The molecule has 0 bridgehead atoms. The predicted octanol–water partition coefficient (Wildman–Crippen LogP) is 2.20. The number of hydrogen-bond donors (Lipinski definition) is 2. The van der Waals surface area contributed by atoms with Gasteiger partial charge in [-0.15, -0.1) is 0 Å². The van der Waals surface area contributed by atoms with E-state index in [0.717, 1.165) is 32.0 Å². The first-order valence-corrected chi connectivity index (χ1v) is 9.69. The molecule has 0 radical (unpaired) electrons. The van der Waals surface area contributed by atoms with E-state index in [-0.39, 0.29) is 25.2 Å². The molecular formula is C20H30N2O4. The third kappa shape index (κ3) is 4.68. The zero-order chi connectivity index (χ0) is 18.4. The normalized spacial score (nSPS) is 19.5. The number of aliphatic hydroxyl groups excluding tert-OH is 1. The van der Waals surface area contributed by atoms with Gasteiger partial charge in [-0.1, -0.05) is 12.8 Å². The molecule has 6 nitrogen and oxygen atoms in total. The summed E-state index contributed by atoms with van der Waals surface area (Å²) >= 11 is 0. The van der Waals surface area contributed by atoms with Gasteiger partial charge >= 0.3 is 0 Å². The third-order valence-corrected chi connectivity index (χ3v) is 5.44. The van der Waals surface area contributed by atoms with Gasteiger partial charge in [0.2, 0.25) is 0 Å². The van der Waals surface area contributed by atoms with Gasteiger partial charge < -0.3 is 24.8 Å². The number of nitrogens with zero attached hydrogens (tertiary/aromatic N) is 1. The molecule has 1 aromatic carbocycles. The summed E-state index contributed by atoms with van der Waals surface area (Å²) in [4.78, 5) is 15.0. The largest absolute Gasteiger partial charge is 0.497 e. The van der Waals surface area contributed by atoms with Crippen molar-refractivity contribution in [1.29, 1.82) is 0 Å². The van der Waals surface area contributed by atoms with Gasteiger partial charge in [-0.05, 0) is 43.9 Å². The van der Waals surface area contributed by atoms with E-state index in [9.17, 15) is 4.79 Å². The second-order valence-corrected chi connectivity index (χ2v) is 7.13. The summed E-state index contributed by atoms with van der Waals surface area (Å²) in [7, 11) is 1.57. The Labute approximate surface area is 155 Å². The van der Waals surface area contributed by atoms with E-state index in [1.807, 2.05) is 6.07 Å². The fraction of sp³-hybridized carbons (Fsp3) is 0.650. The molecule has 1 saturated heterocycles. The number of carbonyl (C=O) groups is 1. The molecule has 1 heterocycles. The number of methoxy groups -OCH3 is 1. The fourth-order valence-corrected chi connectivity index (χ4v) is 3.99. The van der Waals surface area contributed by atoms with Crippen LogP contribution in [0, 0.1) is 0 Å². The molecule has 26 heavy (non-hydrogen) atoms. The first-order valence-electron chi connectivity index (χ1n) is 9.69. The van der Waals surface area contributed by atoms with Gasteiger partial charge in [0.1, 0.15) is 17.6 Å². The lowest BCUT2D eigenvalue weighted by Gasteiger charge is -2.36. The quantitative estimate of drug-likeness (QED) is 0.778. The monoisotopic (exact) mass is 362 g/mol. The molecular weight excluding hydrogens is 332 g/mol. The Balaban J connectivity index is 1.62. The van der Waals surface area contributed by atoms with Crippen LogP contribution in [0.15, 0.2) is 18.2 Å². The van der Waals surface area contributed by atoms with Crippen molar-refractivity contribution in [2.24, 2.45) is 0 Å². The molecule has 0 atom stereocenters. The van der Waals surface area contributed by atoms with Crippen LogP contribution >= 0.6 is 0 Å². The number of rotatable bonds is 7. The number of carbonyl (C=O) groups excluding carboxylic acids is 1. The Bertz CT molecular complexity index is 593. The van der Waals surface area contributed by atoms with Crippen LogP contribution in [-0.2, 0) is 0 Å². The number of aliphatic hydroxyl groups is 1. The second kappa shape index (κ2) is 9.24. The van der Waals surface area contributed by atoms with E-state index in [1.54, 1.807) is 19.2 Å². The molecule has 2 N–H and O–H groups in total. The van der Waals surface area contributed by atoms with Crippen molar-refractivity contribution in [1.82, 2.24) is 10.2 Å². The van der Waals surface area contributed by atoms with Crippen molar-refractivity contribution in [2.45, 2.75) is 50.7 Å². The maximum absolute atomic E-state index is 12.4. The highest BCUT2D eigenvalue weighted by atomic mass is 16.5. The maximum Gasteiger partial charge on any atom is 0.255 e. The van der Waals surface area contributed by atoms with E-state index >= 15 is 0 Å². The van der Waals surface area contributed by atoms with Crippen molar-refractivity contribution in [2.75, 3.05) is 33.4 Å². The molecule has 6 heteroatoms. The van der Waals surface area contributed by atoms with Gasteiger partial charge in [0.15, 0.2) is 0 Å². The van der Waals surface area contributed by atoms with Crippen LogP contribution in [-0.4, -0.2) is 61.4 Å². The summed E-state index contributed by atoms with van der Waals surface area (Å²) in [5.41, 5.74) is 0.455. The van der Waals surface area contributed by atoms with Crippen LogP contribution in [0.5, 0.6) is 11.5 Å². The van der Waals surface area contributed by atoms with E-state index < -0.39 is 0 Å². The smallest absolute Gasteiger partial charge is 0.255 e. The SMILES string of the molecule is COc1ccc(OC2CCN(C3CCCC3)CC2)c(C(=O)NCCO)c1. The van der Waals surface area contributed by atoms with Gasteiger partial charge in [-0.2, -0.15) is 0 Å². The Morgan fingerprint density at radius 1 is 1.23 bits per heavy atom. The zero-order valence-electron chi connectivity index (χ0n) is 15.6. The van der Waals surface area contributed by atoms with Crippen LogP contribution in [0.1, 0.15) is 48.9 Å². The Morgan fingerprint density at radius 3 is 2.62 bits per heavy atom. The van der Waals surface area contributed by atoms with Crippen molar-refractivity contribution in [3.63, 3.8) is 0 Å². The molecule has 1 aliphatic heterocycles. The van der Waals surface area contributed by atoms with Gasteiger partial charge in [-0.25, -0.2) is 0 Å². The summed E-state index contributed by atoms with van der Waals surface area (Å²) in [6.07, 6.45) is 7.49. The van der Waals surface area contributed by atoms with Gasteiger partial charge in [0.25, 0.3) is 5.91 Å². The first kappa shape index (κ1) is 19.0. The number of hydrogen-bond acceptors (Lipinski definition) is 5. The third-order valence-electron chi connectivity index (χ3n) is 5.44. The van der Waals surface area contributed by atoms with Gasteiger partial charge in [-0.3, -0.25) is 4.79 Å². The van der Waals surface area contributed by atoms with Crippen molar-refractivity contribution >= 4 is 5.91 Å². The zero-order valence-corrected chi connectivity index (χ0v) is 15.6. The molecule has 1 amide bonds. The minimum Gasteiger partial charge on any atom is -0.497 e. The maximum atomic E-state index is 12.4. The minimum atomic E-state index is -0.253. The molecule has 0 spiro atoms. The summed E-state index contributed by atoms with van der Waals surface area (Å²) < 4.78 is 11.4. The average Bonchev–Trinajstić information content (AvgIpc) is 3.22. The van der Waals surface area contributed by atoms with Crippen LogP contribution < -0.4 is 14.8 Å². The van der Waals surface area contributed by atoms with Crippen molar-refractivity contribution < 1.29 is 19.4 Å². The molecule has 2 aliphatic rings. The molecule has 1 saturated carbocycles. The molecule has 3 rings (SSSR count). The van der Waals surface area contributed by atoms with Crippen LogP contribution in [0.2, 0.25) is 0 Å². The van der Waals surface area contributed by atoms with Crippen LogP contribution in [0.25, 0.3) is 0 Å². The lowest BCUT2D eigenvalue weighted by Crippen LogP contribution is -2.43. The summed E-state index contributed by atoms with van der Waals surface area (Å²) in [5, 5.41) is 11.6. The Kier molecular flexibility index (Phi) is 6.74. The average molecular weight is 362 g/mol. The van der Waals surface area contributed by atoms with Crippen LogP contribution in [0.3, 0.4) is 0 Å². The highest BCUT2D eigenvalue weighted by Crippen LogP contribution is 2.30. The Hall–Kier alpha value is -1.79. The van der Waals surface area contributed by atoms with Crippen molar-refractivity contribution in [3.8, 4) is 11.5 Å². The number of benzene rings is 1. The number of piperidine rings is 1. The number of amides is 1. The summed E-state index contributed by atoms with van der Waals surface area (Å²) in [5.74, 6) is 0.944. The van der Waals surface area contributed by atoms with E-state index in [0.29, 0.717) is 17.1 Å². The summed E-state index contributed by atoms with van der Waals surface area (Å²) in [6, 6.07) is 6.06. The van der Waals surface area contributed by atoms with Crippen LogP contribution in [0.4, 0.5) is 0 Å². The lowest BCUT2D eigenvalue weighted by molar-refractivity contribution is 0.0749. The minimum absolute atomic E-state index is 0.0917. The molecule has 0 unspecified atom stereocenters. The molecule has 0 aromatic heterocycles. The van der Waals surface area contributed by atoms with E-state index in [4.69, 9.17) is 14.6 Å². The Morgan fingerprint density at radius 2 is 1.96 bits per heavy atom. The van der Waals surface area contributed by atoms with Crippen molar-refractivity contribution in [3.05, 3.63) is 23.8 Å². The fourth-order valence-electron chi connectivity index (χ4n) is 3.99. The molecule has 2 fully saturated rings. The van der Waals surface area contributed by atoms with E-state index in [1.165, 1.54) is 25.7 Å². The second-order valence-electron chi connectivity index (χ2n) is 7.13. The molecule has 144 valence electrons. The lowest BCUT2D eigenvalue weighted by atomic mass is 10.0. The number of ether oxygens (including phenoxy) is 2. The standard InChI is InChI=1S/C20H30N2O4/c1-25-17-6-7-19(18(14-17)20(24)21-10-13-23)26-16-8-11-22(12-9-16)15-4-2-3-5-15/h6-7,14-16,23H,2-5,8-13H2,1H3,(H,21,24). The van der Waals surface area contributed by atoms with E-state index in [2.05, 4.69) is 10.2 Å². The van der Waals surface area contributed by atoms with Gasteiger partial charge in [0.05, 0.1) is 19.3 Å². The molecule has 1 aliphatic carbocycles. The highest BCUT2D eigenvalue weighted by Gasteiger charge is 2.28. The summed E-state index contributed by atoms with van der Waals surface area (Å²) in [6.45, 7) is 2.26. The first-order chi connectivity index (χ1) is 12.7. The highest BCUT2D eigenvalue weighted by molar-refractivity contribution is 5.97. The molecule has 1 aromatic rings. The predicted molar refractivity (Wildman–Crippen MR) is 99.9 cm³/mol. The topological polar surface area (TPSA) is 71.0 Å².